The first-order valence-electron chi connectivity index (χ1n) is 11.5. The van der Waals surface area contributed by atoms with Gasteiger partial charge < -0.3 is 19.5 Å². The summed E-state index contributed by atoms with van der Waals surface area (Å²) in [5.74, 6) is 1.09. The Morgan fingerprint density at radius 2 is 1.69 bits per heavy atom. The third-order valence-electron chi connectivity index (χ3n) is 6.12. The standard InChI is InChI=1S/C26H25ClN2O6S/c1-16-3-7-20(8-4-16)36(31,32)29-15-25(35-22-10-6-19(27)14-21(22)29)26(30)28-17(2)18-5-9-23-24(13-18)34-12-11-33-23/h3-10,13-14,17,25H,11-12,15H2,1-2H3,(H,28,30)/t17-,25+/m1/s1. The van der Waals surface area contributed by atoms with E-state index >= 15 is 0 Å². The maximum atomic E-state index is 13.6. The summed E-state index contributed by atoms with van der Waals surface area (Å²) in [6.07, 6.45) is -1.07. The molecule has 0 saturated heterocycles. The van der Waals surface area contributed by atoms with Crippen molar-refractivity contribution in [2.24, 2.45) is 0 Å². The zero-order valence-electron chi connectivity index (χ0n) is 19.7. The zero-order valence-corrected chi connectivity index (χ0v) is 21.3. The average molecular weight is 529 g/mol. The van der Waals surface area contributed by atoms with E-state index in [2.05, 4.69) is 5.32 Å². The molecule has 2 aliphatic rings. The highest BCUT2D eigenvalue weighted by Crippen LogP contribution is 2.39. The Kier molecular flexibility index (Phi) is 6.44. The van der Waals surface area contributed by atoms with Gasteiger partial charge in [0.1, 0.15) is 19.0 Å². The minimum atomic E-state index is -3.98. The number of hydrogen-bond acceptors (Lipinski definition) is 6. The molecule has 8 nitrogen and oxygen atoms in total. The molecule has 1 N–H and O–H groups in total. The first-order chi connectivity index (χ1) is 17.2. The summed E-state index contributed by atoms with van der Waals surface area (Å²) in [6, 6.07) is 16.3. The van der Waals surface area contributed by atoms with Gasteiger partial charge >= 0.3 is 0 Å². The number of halogens is 1. The molecule has 0 fully saturated rings. The van der Waals surface area contributed by atoms with Crippen LogP contribution in [-0.2, 0) is 14.8 Å². The fourth-order valence-electron chi connectivity index (χ4n) is 4.15. The van der Waals surface area contributed by atoms with Gasteiger partial charge in [-0.15, -0.1) is 0 Å². The third kappa shape index (κ3) is 4.68. The maximum Gasteiger partial charge on any atom is 0.264 e. The second-order valence-electron chi connectivity index (χ2n) is 8.70. The Morgan fingerprint density at radius 1 is 1.00 bits per heavy atom. The highest BCUT2D eigenvalue weighted by atomic mass is 35.5. The molecule has 1 amide bonds. The number of rotatable bonds is 5. The van der Waals surface area contributed by atoms with Gasteiger partial charge in [-0.05, 0) is 61.9 Å². The van der Waals surface area contributed by atoms with E-state index in [4.69, 9.17) is 25.8 Å². The number of benzene rings is 3. The molecule has 10 heteroatoms. The SMILES string of the molecule is Cc1ccc(S(=O)(=O)N2C[C@@H](C(=O)N[C@H](C)c3ccc4c(c3)OCCO4)Oc3ccc(Cl)cc32)cc1. The van der Waals surface area contributed by atoms with E-state index in [-0.39, 0.29) is 28.9 Å². The van der Waals surface area contributed by atoms with E-state index in [1.165, 1.54) is 10.4 Å². The van der Waals surface area contributed by atoms with Gasteiger partial charge in [0, 0.05) is 5.02 Å². The second kappa shape index (κ2) is 9.55. The van der Waals surface area contributed by atoms with Gasteiger partial charge in [0.05, 0.1) is 23.2 Å². The van der Waals surface area contributed by atoms with Gasteiger partial charge in [-0.25, -0.2) is 8.42 Å². The molecule has 2 heterocycles. The van der Waals surface area contributed by atoms with Gasteiger partial charge in [-0.3, -0.25) is 9.10 Å². The van der Waals surface area contributed by atoms with Crippen molar-refractivity contribution in [3.8, 4) is 17.2 Å². The summed E-state index contributed by atoms with van der Waals surface area (Å²) < 4.78 is 45.5. The van der Waals surface area contributed by atoms with Crippen LogP contribution in [0.15, 0.2) is 65.6 Å². The Morgan fingerprint density at radius 3 is 2.44 bits per heavy atom. The smallest absolute Gasteiger partial charge is 0.264 e. The number of ether oxygens (including phenoxy) is 3. The third-order valence-corrected chi connectivity index (χ3v) is 8.15. The van der Waals surface area contributed by atoms with E-state index in [0.717, 1.165) is 11.1 Å². The fourth-order valence-corrected chi connectivity index (χ4v) is 5.78. The minimum Gasteiger partial charge on any atom is -0.486 e. The van der Waals surface area contributed by atoms with E-state index in [1.807, 2.05) is 26.0 Å². The van der Waals surface area contributed by atoms with Crippen molar-refractivity contribution in [1.29, 1.82) is 0 Å². The lowest BCUT2D eigenvalue weighted by Gasteiger charge is -2.35. The van der Waals surface area contributed by atoms with Crippen molar-refractivity contribution in [3.63, 3.8) is 0 Å². The Bertz CT molecular complexity index is 1410. The van der Waals surface area contributed by atoms with Gasteiger partial charge in [-0.1, -0.05) is 35.4 Å². The lowest BCUT2D eigenvalue weighted by Crippen LogP contribution is -2.51. The minimum absolute atomic E-state index is 0.115. The molecule has 5 rings (SSSR count). The number of nitrogens with one attached hydrogen (secondary N) is 1. The number of nitrogens with zero attached hydrogens (tertiary/aromatic N) is 1. The van der Waals surface area contributed by atoms with Crippen LogP contribution >= 0.6 is 11.6 Å². The second-order valence-corrected chi connectivity index (χ2v) is 11.0. The lowest BCUT2D eigenvalue weighted by molar-refractivity contribution is -0.128. The van der Waals surface area contributed by atoms with Gasteiger partial charge in [0.15, 0.2) is 17.6 Å². The molecular weight excluding hydrogens is 504 g/mol. The summed E-state index contributed by atoms with van der Waals surface area (Å²) in [4.78, 5) is 13.4. The van der Waals surface area contributed by atoms with Crippen LogP contribution in [0.1, 0.15) is 24.1 Å². The number of anilines is 1. The normalized spacial score (nSPS) is 17.5. The number of hydrogen-bond donors (Lipinski definition) is 1. The van der Waals surface area contributed by atoms with E-state index in [0.29, 0.717) is 29.7 Å². The average Bonchev–Trinajstić information content (AvgIpc) is 2.87. The molecule has 0 saturated carbocycles. The Balaban J connectivity index is 1.41. The van der Waals surface area contributed by atoms with Crippen LogP contribution in [0.3, 0.4) is 0 Å². The molecule has 3 aromatic rings. The summed E-state index contributed by atoms with van der Waals surface area (Å²) in [5.41, 5.74) is 2.04. The first kappa shape index (κ1) is 24.3. The number of fused-ring (bicyclic) bond motifs is 2. The molecule has 0 radical (unpaired) electrons. The molecule has 0 aromatic heterocycles. The van der Waals surface area contributed by atoms with Crippen molar-refractivity contribution in [2.45, 2.75) is 30.9 Å². The van der Waals surface area contributed by atoms with Crippen LogP contribution in [0.4, 0.5) is 5.69 Å². The van der Waals surface area contributed by atoms with E-state index in [1.54, 1.807) is 42.5 Å². The van der Waals surface area contributed by atoms with E-state index < -0.39 is 22.0 Å². The molecule has 0 aliphatic carbocycles. The topological polar surface area (TPSA) is 94.2 Å². The number of amides is 1. The summed E-state index contributed by atoms with van der Waals surface area (Å²) in [6.45, 7) is 4.46. The van der Waals surface area contributed by atoms with Gasteiger partial charge in [-0.2, -0.15) is 0 Å². The zero-order chi connectivity index (χ0) is 25.4. The molecular formula is C26H25ClN2O6S. The van der Waals surface area contributed by atoms with Crippen molar-refractivity contribution in [3.05, 3.63) is 76.8 Å². The molecule has 36 heavy (non-hydrogen) atoms. The molecule has 2 aliphatic heterocycles. The summed E-state index contributed by atoms with van der Waals surface area (Å²) in [7, 11) is -3.98. The van der Waals surface area contributed by atoms with Crippen molar-refractivity contribution in [2.75, 3.05) is 24.1 Å². The van der Waals surface area contributed by atoms with Crippen LogP contribution in [-0.4, -0.2) is 40.2 Å². The molecule has 188 valence electrons. The molecule has 3 aromatic carbocycles. The Labute approximate surface area is 214 Å². The fraction of sp³-hybridized carbons (Fsp3) is 0.269. The predicted octanol–water partition coefficient (Wildman–Crippen LogP) is 4.25. The highest BCUT2D eigenvalue weighted by molar-refractivity contribution is 7.92. The molecule has 0 bridgehead atoms. The first-order valence-corrected chi connectivity index (χ1v) is 13.3. The lowest BCUT2D eigenvalue weighted by atomic mass is 10.1. The van der Waals surface area contributed by atoms with Crippen molar-refractivity contribution < 1.29 is 27.4 Å². The molecule has 2 atom stereocenters. The number of aryl methyl sites for hydroxylation is 1. The summed E-state index contributed by atoms with van der Waals surface area (Å²) >= 11 is 6.17. The monoisotopic (exact) mass is 528 g/mol. The van der Waals surface area contributed by atoms with E-state index in [9.17, 15) is 13.2 Å². The van der Waals surface area contributed by atoms with Crippen LogP contribution in [0.25, 0.3) is 0 Å². The highest BCUT2D eigenvalue weighted by Gasteiger charge is 2.38. The van der Waals surface area contributed by atoms with Crippen LogP contribution < -0.4 is 23.8 Å². The van der Waals surface area contributed by atoms with Gasteiger partial charge in [0.25, 0.3) is 15.9 Å². The molecule has 0 spiro atoms. The van der Waals surface area contributed by atoms with Crippen LogP contribution in [0.5, 0.6) is 17.2 Å². The molecule has 0 unspecified atom stereocenters. The Hall–Kier alpha value is -3.43. The van der Waals surface area contributed by atoms with Crippen LogP contribution in [0.2, 0.25) is 5.02 Å². The van der Waals surface area contributed by atoms with Gasteiger partial charge in [0.2, 0.25) is 0 Å². The largest absolute Gasteiger partial charge is 0.486 e. The van der Waals surface area contributed by atoms with Crippen molar-refractivity contribution in [1.82, 2.24) is 5.32 Å². The van der Waals surface area contributed by atoms with Crippen molar-refractivity contribution >= 4 is 33.2 Å². The van der Waals surface area contributed by atoms with Crippen LogP contribution in [0, 0.1) is 6.92 Å². The number of carbonyl (C=O) groups is 1. The quantitative estimate of drug-likeness (QED) is 0.532. The number of carbonyl (C=O) groups excluding carboxylic acids is 1. The number of sulfonamides is 1. The summed E-state index contributed by atoms with van der Waals surface area (Å²) in [5, 5.41) is 3.28. The predicted molar refractivity (Wildman–Crippen MR) is 136 cm³/mol. The maximum absolute atomic E-state index is 13.6.